The average molecular weight is 403 g/mol. The summed E-state index contributed by atoms with van der Waals surface area (Å²) >= 11 is 11.7. The molecule has 0 spiro atoms. The Morgan fingerprint density at radius 1 is 1.15 bits per heavy atom. The maximum atomic E-state index is 11.8. The predicted molar refractivity (Wildman–Crippen MR) is 113 cm³/mol. The fourth-order valence-corrected chi connectivity index (χ4v) is 4.09. The van der Waals surface area contributed by atoms with Crippen LogP contribution in [0.2, 0.25) is 5.02 Å². The largest absolute Gasteiger partial charge is 0.465 e. The lowest BCUT2D eigenvalue weighted by atomic mass is 9.88. The zero-order chi connectivity index (χ0) is 19.4. The molecule has 2 aromatic carbocycles. The Balaban J connectivity index is 1.78. The summed E-state index contributed by atoms with van der Waals surface area (Å²) in [4.78, 5) is 11.8. The number of nitrogens with one attached hydrogen (secondary N) is 2. The van der Waals surface area contributed by atoms with E-state index in [4.69, 9.17) is 28.6 Å². The molecule has 0 aromatic heterocycles. The summed E-state index contributed by atoms with van der Waals surface area (Å²) in [5.74, 6) is -0.477. The first kappa shape index (κ1) is 19.6. The molecule has 142 valence electrons. The van der Waals surface area contributed by atoms with E-state index in [-0.39, 0.29) is 5.54 Å². The molecule has 0 saturated heterocycles. The van der Waals surface area contributed by atoms with E-state index in [1.807, 2.05) is 0 Å². The fourth-order valence-electron chi connectivity index (χ4n) is 3.59. The van der Waals surface area contributed by atoms with Crippen LogP contribution in [0.5, 0.6) is 0 Å². The summed E-state index contributed by atoms with van der Waals surface area (Å²) in [6.45, 7) is 2.09. The van der Waals surface area contributed by atoms with Gasteiger partial charge >= 0.3 is 5.97 Å². The number of benzene rings is 2. The van der Waals surface area contributed by atoms with E-state index in [1.165, 1.54) is 18.2 Å². The van der Waals surface area contributed by atoms with E-state index in [0.717, 1.165) is 25.7 Å². The quantitative estimate of drug-likeness (QED) is 0.544. The second-order valence-corrected chi connectivity index (χ2v) is 7.74. The van der Waals surface area contributed by atoms with Crippen LogP contribution >= 0.6 is 23.8 Å². The van der Waals surface area contributed by atoms with Crippen molar-refractivity contribution in [3.63, 3.8) is 0 Å². The van der Waals surface area contributed by atoms with Gasteiger partial charge in [-0.1, -0.05) is 54.3 Å². The Bertz CT molecular complexity index is 846. The fraction of sp³-hybridized carbons (Fsp3) is 0.333. The smallest absolute Gasteiger partial charge is 0.339 e. The van der Waals surface area contributed by atoms with Crippen LogP contribution in [0.1, 0.15) is 47.2 Å². The van der Waals surface area contributed by atoms with Gasteiger partial charge in [0.25, 0.3) is 0 Å². The van der Waals surface area contributed by atoms with Gasteiger partial charge in [0.1, 0.15) is 0 Å². The van der Waals surface area contributed by atoms with Crippen LogP contribution in [0, 0.1) is 6.92 Å². The maximum absolute atomic E-state index is 11.8. The summed E-state index contributed by atoms with van der Waals surface area (Å²) < 4.78 is 4.77. The second kappa shape index (κ2) is 8.28. The Hall–Kier alpha value is -2.11. The number of thiocarbonyl (C=S) groups is 1. The second-order valence-electron chi connectivity index (χ2n) is 6.92. The molecule has 0 bridgehead atoms. The van der Waals surface area contributed by atoms with Crippen LogP contribution in [0.3, 0.4) is 0 Å². The Morgan fingerprint density at radius 3 is 2.44 bits per heavy atom. The highest BCUT2D eigenvalue weighted by Crippen LogP contribution is 2.39. The van der Waals surface area contributed by atoms with Crippen LogP contribution in [0.15, 0.2) is 42.5 Å². The lowest BCUT2D eigenvalue weighted by Crippen LogP contribution is -2.45. The van der Waals surface area contributed by atoms with E-state index >= 15 is 0 Å². The topological polar surface area (TPSA) is 50.4 Å². The molecule has 0 unspecified atom stereocenters. The first-order valence-electron chi connectivity index (χ1n) is 8.98. The third-order valence-corrected chi connectivity index (χ3v) is 5.58. The number of carbonyl (C=O) groups excluding carboxylic acids is 1. The highest BCUT2D eigenvalue weighted by atomic mass is 35.5. The van der Waals surface area contributed by atoms with Gasteiger partial charge in [-0.2, -0.15) is 0 Å². The van der Waals surface area contributed by atoms with Gasteiger partial charge < -0.3 is 15.4 Å². The minimum absolute atomic E-state index is 0.157. The normalized spacial score (nSPS) is 15.2. The van der Waals surface area contributed by atoms with Gasteiger partial charge in [-0.25, -0.2) is 4.79 Å². The molecule has 1 aliphatic carbocycles. The molecular weight excluding hydrogens is 380 g/mol. The Kier molecular flexibility index (Phi) is 6.02. The zero-order valence-corrected chi connectivity index (χ0v) is 17.0. The summed E-state index contributed by atoms with van der Waals surface area (Å²) in [7, 11) is 1.33. The van der Waals surface area contributed by atoms with Crippen molar-refractivity contribution in [1.29, 1.82) is 0 Å². The predicted octanol–water partition coefficient (Wildman–Crippen LogP) is 5.19. The van der Waals surface area contributed by atoms with Crippen LogP contribution in [-0.4, -0.2) is 18.2 Å². The number of halogens is 1. The van der Waals surface area contributed by atoms with Gasteiger partial charge in [-0.15, -0.1) is 0 Å². The van der Waals surface area contributed by atoms with E-state index in [2.05, 4.69) is 41.8 Å². The number of hydrogen-bond donors (Lipinski definition) is 2. The molecule has 6 heteroatoms. The van der Waals surface area contributed by atoms with Crippen LogP contribution in [-0.2, 0) is 10.3 Å². The molecule has 0 aliphatic heterocycles. The minimum atomic E-state index is -0.477. The standard InChI is InChI=1S/C21H23ClN2O2S/c1-14-5-7-15(8-6-14)21(11-3-4-12-21)24-20(27)23-16-9-10-18(22)17(13-16)19(25)26-2/h5-10,13H,3-4,11-12H2,1-2H3,(H2,23,24,27). The van der Waals surface area contributed by atoms with Crippen molar-refractivity contribution in [3.05, 3.63) is 64.2 Å². The number of esters is 1. The number of anilines is 1. The molecular formula is C21H23ClN2O2S. The molecule has 3 rings (SSSR count). The number of carbonyl (C=O) groups is 1. The monoisotopic (exact) mass is 402 g/mol. The molecule has 1 saturated carbocycles. The van der Waals surface area contributed by atoms with Crippen molar-refractivity contribution < 1.29 is 9.53 Å². The molecule has 2 aromatic rings. The Labute approximate surface area is 170 Å². The number of aryl methyl sites for hydroxylation is 1. The lowest BCUT2D eigenvalue weighted by molar-refractivity contribution is 0.0601. The number of rotatable bonds is 4. The summed E-state index contributed by atoms with van der Waals surface area (Å²) in [5, 5.41) is 7.57. The van der Waals surface area contributed by atoms with Crippen LogP contribution < -0.4 is 10.6 Å². The van der Waals surface area contributed by atoms with Crippen molar-refractivity contribution in [3.8, 4) is 0 Å². The van der Waals surface area contributed by atoms with Gasteiger partial charge in [-0.05, 0) is 55.7 Å². The maximum Gasteiger partial charge on any atom is 0.339 e. The van der Waals surface area contributed by atoms with E-state index in [9.17, 15) is 4.79 Å². The summed E-state index contributed by atoms with van der Waals surface area (Å²) in [6.07, 6.45) is 4.39. The van der Waals surface area contributed by atoms with Crippen molar-refractivity contribution in [2.75, 3.05) is 12.4 Å². The third kappa shape index (κ3) is 4.42. The average Bonchev–Trinajstić information content (AvgIpc) is 3.12. The van der Waals surface area contributed by atoms with Crippen molar-refractivity contribution >= 4 is 40.6 Å². The molecule has 0 radical (unpaired) electrons. The van der Waals surface area contributed by atoms with Gasteiger partial charge in [0, 0.05) is 5.69 Å². The van der Waals surface area contributed by atoms with E-state index < -0.39 is 5.97 Å². The Morgan fingerprint density at radius 2 is 1.81 bits per heavy atom. The SMILES string of the molecule is COC(=O)c1cc(NC(=S)NC2(c3ccc(C)cc3)CCCC2)ccc1Cl. The van der Waals surface area contributed by atoms with Crippen LogP contribution in [0.4, 0.5) is 5.69 Å². The van der Waals surface area contributed by atoms with E-state index in [0.29, 0.717) is 21.4 Å². The van der Waals surface area contributed by atoms with Gasteiger partial charge in [0.05, 0.1) is 23.2 Å². The molecule has 0 heterocycles. The summed E-state index contributed by atoms with van der Waals surface area (Å²) in [6, 6.07) is 13.7. The van der Waals surface area contributed by atoms with Crippen molar-refractivity contribution in [1.82, 2.24) is 5.32 Å². The van der Waals surface area contributed by atoms with Crippen molar-refractivity contribution in [2.24, 2.45) is 0 Å². The molecule has 1 aliphatic rings. The third-order valence-electron chi connectivity index (χ3n) is 5.04. The van der Waals surface area contributed by atoms with Crippen molar-refractivity contribution in [2.45, 2.75) is 38.1 Å². The van der Waals surface area contributed by atoms with Gasteiger partial charge in [0.2, 0.25) is 0 Å². The zero-order valence-electron chi connectivity index (χ0n) is 15.5. The highest BCUT2D eigenvalue weighted by Gasteiger charge is 2.36. The van der Waals surface area contributed by atoms with E-state index in [1.54, 1.807) is 18.2 Å². The van der Waals surface area contributed by atoms with Gasteiger partial charge in [0.15, 0.2) is 5.11 Å². The number of methoxy groups -OCH3 is 1. The van der Waals surface area contributed by atoms with Crippen LogP contribution in [0.25, 0.3) is 0 Å². The summed E-state index contributed by atoms with van der Waals surface area (Å²) in [5.41, 5.74) is 3.33. The number of ether oxygens (including phenoxy) is 1. The molecule has 0 amide bonds. The number of hydrogen-bond acceptors (Lipinski definition) is 3. The molecule has 1 fully saturated rings. The first-order chi connectivity index (χ1) is 12.9. The molecule has 4 nitrogen and oxygen atoms in total. The molecule has 2 N–H and O–H groups in total. The molecule has 0 atom stereocenters. The highest BCUT2D eigenvalue weighted by molar-refractivity contribution is 7.80. The minimum Gasteiger partial charge on any atom is -0.465 e. The van der Waals surface area contributed by atoms with Gasteiger partial charge in [-0.3, -0.25) is 0 Å². The lowest BCUT2D eigenvalue weighted by Gasteiger charge is -2.32. The molecule has 27 heavy (non-hydrogen) atoms. The first-order valence-corrected chi connectivity index (χ1v) is 9.76.